The number of nitriles is 1. The minimum atomic E-state index is -0.658. The zero-order valence-electron chi connectivity index (χ0n) is 18.2. The molecule has 174 valence electrons. The molecule has 0 aromatic heterocycles. The van der Waals surface area contributed by atoms with Crippen LogP contribution >= 0.6 is 27.5 Å². The Balaban J connectivity index is 1.87. The Morgan fingerprint density at radius 2 is 1.79 bits per heavy atom. The number of amides is 1. The molecule has 3 aromatic carbocycles. The maximum Gasteiger partial charge on any atom is 0.266 e. The summed E-state index contributed by atoms with van der Waals surface area (Å²) in [5.74, 6) is 0.0926. The van der Waals surface area contributed by atoms with Crippen LogP contribution in [0.4, 0.5) is 10.1 Å². The molecular weight excluding hydrogens is 527 g/mol. The number of rotatable bonds is 8. The van der Waals surface area contributed by atoms with Gasteiger partial charge in [0.25, 0.3) is 5.91 Å². The maximum atomic E-state index is 13.1. The van der Waals surface area contributed by atoms with E-state index in [1.807, 2.05) is 6.07 Å². The van der Waals surface area contributed by atoms with Gasteiger partial charge in [-0.2, -0.15) is 5.26 Å². The van der Waals surface area contributed by atoms with Crippen molar-refractivity contribution >= 4 is 45.2 Å². The van der Waals surface area contributed by atoms with Gasteiger partial charge in [0, 0.05) is 22.2 Å². The summed E-state index contributed by atoms with van der Waals surface area (Å²) >= 11 is 9.50. The monoisotopic (exact) mass is 544 g/mol. The highest BCUT2D eigenvalue weighted by atomic mass is 79.9. The molecule has 0 heterocycles. The van der Waals surface area contributed by atoms with Gasteiger partial charge in [-0.05, 0) is 42.0 Å². The lowest BCUT2D eigenvalue weighted by Gasteiger charge is -2.13. The van der Waals surface area contributed by atoms with Crippen molar-refractivity contribution in [1.82, 2.24) is 0 Å². The van der Waals surface area contributed by atoms with Gasteiger partial charge in [0.1, 0.15) is 41.3 Å². The maximum absolute atomic E-state index is 13.1. The minimum absolute atomic E-state index is 0.166. The molecule has 6 nitrogen and oxygen atoms in total. The molecule has 0 aliphatic carbocycles. The van der Waals surface area contributed by atoms with Crippen LogP contribution in [-0.2, 0) is 11.4 Å². The van der Waals surface area contributed by atoms with E-state index in [1.54, 1.807) is 30.3 Å². The zero-order chi connectivity index (χ0) is 24.7. The van der Waals surface area contributed by atoms with Crippen LogP contribution in [-0.4, -0.2) is 20.1 Å². The Labute approximate surface area is 209 Å². The molecule has 3 rings (SSSR count). The van der Waals surface area contributed by atoms with Crippen LogP contribution in [0, 0.1) is 17.1 Å². The summed E-state index contributed by atoms with van der Waals surface area (Å²) in [5, 5.41) is 12.6. The fraction of sp³-hybridized carbons (Fsp3) is 0.120. The summed E-state index contributed by atoms with van der Waals surface area (Å²) in [4.78, 5) is 12.9. The summed E-state index contributed by atoms with van der Waals surface area (Å²) < 4.78 is 30.2. The first-order valence-corrected chi connectivity index (χ1v) is 11.0. The first-order chi connectivity index (χ1) is 16.3. The SMILES string of the molecule is COc1cc(NC(=O)/C(C#N)=C/c2cc(Br)ccc2OCc2ccc(F)cc2)c(OC)cc1Cl. The van der Waals surface area contributed by atoms with E-state index < -0.39 is 5.91 Å². The Kier molecular flexibility index (Phi) is 8.52. The van der Waals surface area contributed by atoms with Gasteiger partial charge in [0.2, 0.25) is 0 Å². The second kappa shape index (κ2) is 11.5. The minimum Gasteiger partial charge on any atom is -0.495 e. The van der Waals surface area contributed by atoms with Crippen molar-refractivity contribution in [3.8, 4) is 23.3 Å². The highest BCUT2D eigenvalue weighted by Crippen LogP contribution is 2.36. The van der Waals surface area contributed by atoms with Crippen LogP contribution in [0.25, 0.3) is 6.08 Å². The van der Waals surface area contributed by atoms with E-state index in [0.29, 0.717) is 27.8 Å². The molecule has 0 aliphatic rings. The molecule has 0 bridgehead atoms. The fourth-order valence-electron chi connectivity index (χ4n) is 2.96. The average molecular weight is 546 g/mol. The second-order valence-corrected chi connectivity index (χ2v) is 8.23. The largest absolute Gasteiger partial charge is 0.495 e. The van der Waals surface area contributed by atoms with Crippen LogP contribution in [0.2, 0.25) is 5.02 Å². The van der Waals surface area contributed by atoms with Crippen molar-refractivity contribution in [2.45, 2.75) is 6.61 Å². The summed E-state index contributed by atoms with van der Waals surface area (Å²) in [6.45, 7) is 0.179. The molecule has 0 fully saturated rings. The van der Waals surface area contributed by atoms with Crippen LogP contribution in [0.1, 0.15) is 11.1 Å². The standard InChI is InChI=1S/C25H19BrClFN2O4/c1-32-23-12-21(24(33-2)11-20(23)27)30-25(31)17(13-29)9-16-10-18(26)5-8-22(16)34-14-15-3-6-19(28)7-4-15/h3-12H,14H2,1-2H3,(H,30,31)/b17-9+. The highest BCUT2D eigenvalue weighted by molar-refractivity contribution is 9.10. The molecule has 0 spiro atoms. The fourth-order valence-corrected chi connectivity index (χ4v) is 3.57. The van der Waals surface area contributed by atoms with Crippen molar-refractivity contribution < 1.29 is 23.4 Å². The molecule has 0 atom stereocenters. The number of benzene rings is 3. The number of hydrogen-bond donors (Lipinski definition) is 1. The average Bonchev–Trinajstić information content (AvgIpc) is 2.83. The van der Waals surface area contributed by atoms with Gasteiger partial charge >= 0.3 is 0 Å². The van der Waals surface area contributed by atoms with E-state index in [0.717, 1.165) is 10.0 Å². The molecule has 9 heteroatoms. The number of carbonyl (C=O) groups is 1. The van der Waals surface area contributed by atoms with E-state index in [2.05, 4.69) is 21.2 Å². The molecular formula is C25H19BrClFN2O4. The van der Waals surface area contributed by atoms with Gasteiger partial charge in [-0.15, -0.1) is 0 Å². The van der Waals surface area contributed by atoms with Crippen LogP contribution in [0.15, 0.2) is 64.6 Å². The van der Waals surface area contributed by atoms with Crippen molar-refractivity contribution in [3.05, 3.63) is 86.6 Å². The van der Waals surface area contributed by atoms with Crippen molar-refractivity contribution in [3.63, 3.8) is 0 Å². The van der Waals surface area contributed by atoms with E-state index in [4.69, 9.17) is 25.8 Å². The number of anilines is 1. The number of halogens is 3. The Bertz CT molecular complexity index is 1270. The first-order valence-electron chi connectivity index (χ1n) is 9.86. The van der Waals surface area contributed by atoms with Gasteiger partial charge in [0.15, 0.2) is 0 Å². The van der Waals surface area contributed by atoms with Gasteiger partial charge < -0.3 is 19.5 Å². The molecule has 0 aliphatic heterocycles. The summed E-state index contributed by atoms with van der Waals surface area (Å²) in [5.41, 5.74) is 1.39. The number of methoxy groups -OCH3 is 2. The summed E-state index contributed by atoms with van der Waals surface area (Å²) in [6.07, 6.45) is 1.42. The molecule has 0 radical (unpaired) electrons. The highest BCUT2D eigenvalue weighted by Gasteiger charge is 2.16. The van der Waals surface area contributed by atoms with E-state index >= 15 is 0 Å². The zero-order valence-corrected chi connectivity index (χ0v) is 20.5. The lowest BCUT2D eigenvalue weighted by Crippen LogP contribution is -2.14. The Morgan fingerprint density at radius 3 is 2.44 bits per heavy atom. The summed E-state index contributed by atoms with van der Waals surface area (Å²) in [6, 6.07) is 16.0. The van der Waals surface area contributed by atoms with Crippen molar-refractivity contribution in [2.75, 3.05) is 19.5 Å². The molecule has 34 heavy (non-hydrogen) atoms. The van der Waals surface area contributed by atoms with Gasteiger partial charge in [-0.3, -0.25) is 4.79 Å². The van der Waals surface area contributed by atoms with Crippen LogP contribution in [0.5, 0.6) is 17.2 Å². The predicted octanol–water partition coefficient (Wildman–Crippen LogP) is 6.38. The Hall–Kier alpha value is -3.54. The number of nitrogens with one attached hydrogen (secondary N) is 1. The molecule has 1 N–H and O–H groups in total. The van der Waals surface area contributed by atoms with Gasteiger partial charge in [0.05, 0.1) is 24.9 Å². The van der Waals surface area contributed by atoms with Crippen LogP contribution in [0.3, 0.4) is 0 Å². The molecule has 0 saturated heterocycles. The van der Waals surface area contributed by atoms with Gasteiger partial charge in [-0.25, -0.2) is 4.39 Å². The normalized spacial score (nSPS) is 10.9. The number of carbonyl (C=O) groups excluding carboxylic acids is 1. The van der Waals surface area contributed by atoms with Crippen molar-refractivity contribution in [2.24, 2.45) is 0 Å². The first kappa shape index (κ1) is 25.1. The second-order valence-electron chi connectivity index (χ2n) is 6.91. The van der Waals surface area contributed by atoms with Crippen LogP contribution < -0.4 is 19.5 Å². The Morgan fingerprint density at radius 1 is 1.09 bits per heavy atom. The molecule has 0 saturated carbocycles. The van der Waals surface area contributed by atoms with Gasteiger partial charge in [-0.1, -0.05) is 39.7 Å². The lowest BCUT2D eigenvalue weighted by molar-refractivity contribution is -0.112. The topological polar surface area (TPSA) is 80.6 Å². The third-order valence-corrected chi connectivity index (χ3v) is 5.46. The molecule has 0 unspecified atom stereocenters. The molecule has 1 amide bonds. The third kappa shape index (κ3) is 6.28. The summed E-state index contributed by atoms with van der Waals surface area (Å²) in [7, 11) is 2.88. The predicted molar refractivity (Wildman–Crippen MR) is 132 cm³/mol. The van der Waals surface area contributed by atoms with E-state index in [-0.39, 0.29) is 23.7 Å². The van der Waals surface area contributed by atoms with E-state index in [1.165, 1.54) is 44.6 Å². The number of hydrogen-bond acceptors (Lipinski definition) is 5. The smallest absolute Gasteiger partial charge is 0.266 e. The number of nitrogens with zero attached hydrogens (tertiary/aromatic N) is 1. The van der Waals surface area contributed by atoms with E-state index in [9.17, 15) is 14.4 Å². The van der Waals surface area contributed by atoms with Crippen molar-refractivity contribution in [1.29, 1.82) is 5.26 Å². The molecule has 3 aromatic rings. The lowest BCUT2D eigenvalue weighted by atomic mass is 10.1. The third-order valence-electron chi connectivity index (χ3n) is 4.67. The number of ether oxygens (including phenoxy) is 3. The quantitative estimate of drug-likeness (QED) is 0.262.